The van der Waals surface area contributed by atoms with Gasteiger partial charge in [-0.2, -0.15) is 0 Å². The lowest BCUT2D eigenvalue weighted by Gasteiger charge is -2.30. The number of nitrogens with zero attached hydrogens (tertiary/aromatic N) is 1. The number of thiophene rings is 1. The average Bonchev–Trinajstić information content (AvgIpc) is 3.07. The zero-order valence-corrected chi connectivity index (χ0v) is 14.2. The van der Waals surface area contributed by atoms with Crippen LogP contribution < -0.4 is 0 Å². The van der Waals surface area contributed by atoms with Gasteiger partial charge in [0.15, 0.2) is 0 Å². The van der Waals surface area contributed by atoms with Gasteiger partial charge in [-0.15, -0.1) is 23.1 Å². The number of amides is 1. The van der Waals surface area contributed by atoms with Crippen molar-refractivity contribution in [1.82, 2.24) is 4.90 Å². The summed E-state index contributed by atoms with van der Waals surface area (Å²) in [5, 5.41) is 1.99. The molecule has 0 fully saturated rings. The number of hydrogen-bond acceptors (Lipinski definition) is 5. The molecule has 2 aromatic rings. The van der Waals surface area contributed by atoms with E-state index in [0.29, 0.717) is 12.3 Å². The SMILES string of the molecule is CC(=O)O[C@@H]1CS[C@@H]2c3ccccc3C(=O)N2Cc2sccc21. The summed E-state index contributed by atoms with van der Waals surface area (Å²) in [4.78, 5) is 27.2. The fourth-order valence-corrected chi connectivity index (χ4v) is 5.43. The number of carbonyl (C=O) groups excluding carboxylic acids is 2. The summed E-state index contributed by atoms with van der Waals surface area (Å²) in [6.07, 6.45) is -0.247. The molecular weight excluding hydrogens is 330 g/mol. The smallest absolute Gasteiger partial charge is 0.303 e. The molecule has 6 heteroatoms. The second-order valence-corrected chi connectivity index (χ2v) is 7.72. The van der Waals surface area contributed by atoms with Crippen molar-refractivity contribution in [3.63, 3.8) is 0 Å². The maximum Gasteiger partial charge on any atom is 0.303 e. The fourth-order valence-electron chi connectivity index (χ4n) is 3.16. The minimum atomic E-state index is -0.270. The monoisotopic (exact) mass is 345 g/mol. The van der Waals surface area contributed by atoms with Crippen LogP contribution in [-0.2, 0) is 16.1 Å². The standard InChI is InChI=1S/C17H15NO3S2/c1-10(19)21-14-9-23-17-12-5-3-2-4-11(12)16(20)18(17)8-15-13(14)6-7-22-15/h2-7,14,17H,8-9H2,1H3/t14-,17-/m1/s1. The first-order chi connectivity index (χ1) is 11.1. The van der Waals surface area contributed by atoms with Gasteiger partial charge in [-0.25, -0.2) is 0 Å². The summed E-state index contributed by atoms with van der Waals surface area (Å²) in [5.41, 5.74) is 2.87. The summed E-state index contributed by atoms with van der Waals surface area (Å²) in [6, 6.07) is 9.78. The highest BCUT2D eigenvalue weighted by Crippen LogP contribution is 2.46. The van der Waals surface area contributed by atoms with E-state index in [4.69, 9.17) is 4.74 Å². The lowest BCUT2D eigenvalue weighted by atomic mass is 10.1. The summed E-state index contributed by atoms with van der Waals surface area (Å²) >= 11 is 3.28. The maximum absolute atomic E-state index is 12.7. The number of rotatable bonds is 1. The zero-order valence-electron chi connectivity index (χ0n) is 12.5. The topological polar surface area (TPSA) is 46.6 Å². The maximum atomic E-state index is 12.7. The van der Waals surface area contributed by atoms with Crippen LogP contribution in [0.5, 0.6) is 0 Å². The molecule has 0 saturated carbocycles. The van der Waals surface area contributed by atoms with Gasteiger partial charge in [0.1, 0.15) is 11.5 Å². The molecule has 2 atom stereocenters. The van der Waals surface area contributed by atoms with Gasteiger partial charge < -0.3 is 9.64 Å². The molecule has 0 saturated heterocycles. The number of carbonyl (C=O) groups is 2. The summed E-state index contributed by atoms with van der Waals surface area (Å²) in [5.74, 6) is 0.461. The number of thioether (sulfide) groups is 1. The quantitative estimate of drug-likeness (QED) is 0.739. The van der Waals surface area contributed by atoms with E-state index in [1.807, 2.05) is 40.6 Å². The normalized spacial score (nSPS) is 22.7. The third kappa shape index (κ3) is 2.46. The number of esters is 1. The van der Waals surface area contributed by atoms with E-state index in [-0.39, 0.29) is 23.4 Å². The molecule has 1 aromatic carbocycles. The molecule has 23 heavy (non-hydrogen) atoms. The molecule has 0 radical (unpaired) electrons. The Balaban J connectivity index is 1.74. The lowest BCUT2D eigenvalue weighted by Crippen LogP contribution is -2.29. The van der Waals surface area contributed by atoms with Gasteiger partial charge >= 0.3 is 5.97 Å². The molecule has 1 amide bonds. The van der Waals surface area contributed by atoms with Gasteiger partial charge in [-0.3, -0.25) is 9.59 Å². The second-order valence-electron chi connectivity index (χ2n) is 5.60. The van der Waals surface area contributed by atoms with Gasteiger partial charge in [-0.1, -0.05) is 18.2 Å². The average molecular weight is 345 g/mol. The predicted molar refractivity (Wildman–Crippen MR) is 90.3 cm³/mol. The first kappa shape index (κ1) is 14.8. The number of benzene rings is 1. The van der Waals surface area contributed by atoms with Crippen molar-refractivity contribution in [3.8, 4) is 0 Å². The van der Waals surface area contributed by atoms with Gasteiger partial charge in [0.25, 0.3) is 5.91 Å². The van der Waals surface area contributed by atoms with Crippen LogP contribution in [0.1, 0.15) is 44.8 Å². The minimum absolute atomic E-state index is 0.00740. The molecule has 1 aromatic heterocycles. The highest BCUT2D eigenvalue weighted by Gasteiger charge is 2.39. The van der Waals surface area contributed by atoms with Crippen LogP contribution in [0.3, 0.4) is 0 Å². The van der Waals surface area contributed by atoms with Crippen LogP contribution in [0.4, 0.5) is 0 Å². The summed E-state index contributed by atoms with van der Waals surface area (Å²) < 4.78 is 5.52. The van der Waals surface area contributed by atoms with Crippen LogP contribution in [0, 0.1) is 0 Å². The Morgan fingerprint density at radius 1 is 1.26 bits per heavy atom. The van der Waals surface area contributed by atoms with E-state index in [2.05, 4.69) is 0 Å². The Morgan fingerprint density at radius 2 is 2.09 bits per heavy atom. The first-order valence-electron chi connectivity index (χ1n) is 7.40. The molecule has 118 valence electrons. The van der Waals surface area contributed by atoms with Crippen LogP contribution in [-0.4, -0.2) is 22.5 Å². The molecule has 0 N–H and O–H groups in total. The molecule has 0 unspecified atom stereocenters. The first-order valence-corrected chi connectivity index (χ1v) is 9.33. The van der Waals surface area contributed by atoms with E-state index in [1.54, 1.807) is 23.1 Å². The minimum Gasteiger partial charge on any atom is -0.457 e. The van der Waals surface area contributed by atoms with Crippen molar-refractivity contribution in [3.05, 3.63) is 57.3 Å². The molecule has 2 aliphatic rings. The Hall–Kier alpha value is -1.79. The van der Waals surface area contributed by atoms with Gasteiger partial charge in [-0.05, 0) is 23.1 Å². The Labute approximate surface area is 142 Å². The van der Waals surface area contributed by atoms with Crippen molar-refractivity contribution in [2.75, 3.05) is 5.75 Å². The van der Waals surface area contributed by atoms with Crippen LogP contribution in [0.2, 0.25) is 0 Å². The van der Waals surface area contributed by atoms with Crippen molar-refractivity contribution in [1.29, 1.82) is 0 Å². The van der Waals surface area contributed by atoms with E-state index < -0.39 is 0 Å². The fraction of sp³-hybridized carbons (Fsp3) is 0.294. The van der Waals surface area contributed by atoms with Gasteiger partial charge in [0.05, 0.1) is 6.54 Å². The van der Waals surface area contributed by atoms with Crippen molar-refractivity contribution in [2.24, 2.45) is 0 Å². The highest BCUT2D eigenvalue weighted by molar-refractivity contribution is 7.99. The third-order valence-electron chi connectivity index (χ3n) is 4.16. The van der Waals surface area contributed by atoms with Gasteiger partial charge in [0, 0.05) is 28.7 Å². The molecule has 4 rings (SSSR count). The van der Waals surface area contributed by atoms with Crippen molar-refractivity contribution >= 4 is 35.0 Å². The molecule has 0 spiro atoms. The molecule has 0 aliphatic carbocycles. The van der Waals surface area contributed by atoms with E-state index in [0.717, 1.165) is 21.6 Å². The van der Waals surface area contributed by atoms with E-state index in [1.165, 1.54) is 6.92 Å². The summed E-state index contributed by atoms with van der Waals surface area (Å²) in [7, 11) is 0. The molecular formula is C17H15NO3S2. The zero-order chi connectivity index (χ0) is 16.0. The lowest BCUT2D eigenvalue weighted by molar-refractivity contribution is -0.145. The molecule has 3 heterocycles. The second kappa shape index (κ2) is 5.69. The number of fused-ring (bicyclic) bond motifs is 4. The van der Waals surface area contributed by atoms with Crippen LogP contribution in [0.25, 0.3) is 0 Å². The summed E-state index contributed by atoms with van der Waals surface area (Å²) in [6.45, 7) is 2.01. The highest BCUT2D eigenvalue weighted by atomic mass is 32.2. The largest absolute Gasteiger partial charge is 0.457 e. The number of ether oxygens (including phenoxy) is 1. The Morgan fingerprint density at radius 3 is 2.91 bits per heavy atom. The van der Waals surface area contributed by atoms with Crippen LogP contribution in [0.15, 0.2) is 35.7 Å². The van der Waals surface area contributed by atoms with Crippen molar-refractivity contribution < 1.29 is 14.3 Å². The predicted octanol–water partition coefficient (Wildman–Crippen LogP) is 3.75. The Bertz CT molecular complexity index is 786. The Kier molecular flexibility index (Phi) is 3.66. The third-order valence-corrected chi connectivity index (χ3v) is 6.40. The van der Waals surface area contributed by atoms with E-state index in [9.17, 15) is 9.59 Å². The van der Waals surface area contributed by atoms with Gasteiger partial charge in [0.2, 0.25) is 0 Å². The van der Waals surface area contributed by atoms with Crippen LogP contribution >= 0.6 is 23.1 Å². The molecule has 4 nitrogen and oxygen atoms in total. The van der Waals surface area contributed by atoms with E-state index >= 15 is 0 Å². The molecule has 2 aliphatic heterocycles. The molecule has 0 bridgehead atoms. The number of hydrogen-bond donors (Lipinski definition) is 0. The van der Waals surface area contributed by atoms with Crippen molar-refractivity contribution in [2.45, 2.75) is 24.9 Å².